The number of carbonyl (C=O) groups excluding carboxylic acids is 1. The summed E-state index contributed by atoms with van der Waals surface area (Å²) in [5.74, 6) is -0.583. The van der Waals surface area contributed by atoms with Crippen LogP contribution in [0, 0.1) is 11.6 Å². The maximum atomic E-state index is 13.9. The fourth-order valence-corrected chi connectivity index (χ4v) is 4.21. The first-order valence-corrected chi connectivity index (χ1v) is 10.9. The second kappa shape index (κ2) is 9.57. The molecule has 0 spiro atoms. The molecule has 3 aromatic rings. The Morgan fingerprint density at radius 3 is 2.71 bits per heavy atom. The van der Waals surface area contributed by atoms with Crippen molar-refractivity contribution in [3.63, 3.8) is 0 Å². The van der Waals surface area contributed by atoms with Crippen LogP contribution in [0.1, 0.15) is 19.8 Å². The molecular weight excluding hydrogens is 422 g/mol. The Labute approximate surface area is 183 Å². The number of hydrogen-bond acceptors (Lipinski definition) is 5. The first-order valence-electron chi connectivity index (χ1n) is 10.0. The van der Waals surface area contributed by atoms with E-state index < -0.39 is 11.1 Å². The highest BCUT2D eigenvalue weighted by Crippen LogP contribution is 2.29. The average molecular weight is 445 g/mol. The standard InChI is InChI=1S/C22H22F2N4O2S/c1-14(21(29)25-19-7-3-2-6-18(19)24)31-22-27-26-20(15-8-10-16(23)11-9-15)28(22)13-17-5-4-12-30-17/h2-3,6-11,14,17H,4-5,12-13H2,1H3,(H,25,29). The van der Waals surface area contributed by atoms with E-state index in [4.69, 9.17) is 4.74 Å². The highest BCUT2D eigenvalue weighted by Gasteiger charge is 2.25. The van der Waals surface area contributed by atoms with Crippen molar-refractivity contribution in [2.75, 3.05) is 11.9 Å². The van der Waals surface area contributed by atoms with E-state index in [9.17, 15) is 13.6 Å². The Morgan fingerprint density at radius 1 is 1.23 bits per heavy atom. The van der Waals surface area contributed by atoms with Gasteiger partial charge in [0.05, 0.1) is 23.6 Å². The Morgan fingerprint density at radius 2 is 2.00 bits per heavy atom. The molecule has 162 valence electrons. The maximum absolute atomic E-state index is 13.9. The van der Waals surface area contributed by atoms with Gasteiger partial charge in [-0.15, -0.1) is 10.2 Å². The normalized spacial score (nSPS) is 16.9. The van der Waals surface area contributed by atoms with E-state index in [1.54, 1.807) is 31.2 Å². The summed E-state index contributed by atoms with van der Waals surface area (Å²) in [4.78, 5) is 12.6. The number of rotatable bonds is 7. The number of halogens is 2. The Bertz CT molecular complexity index is 1050. The smallest absolute Gasteiger partial charge is 0.237 e. The van der Waals surface area contributed by atoms with Crippen LogP contribution in [0.3, 0.4) is 0 Å². The average Bonchev–Trinajstić information content (AvgIpc) is 3.41. The topological polar surface area (TPSA) is 69.0 Å². The molecule has 1 fully saturated rings. The number of amides is 1. The first-order chi connectivity index (χ1) is 15.0. The Hall–Kier alpha value is -2.78. The van der Waals surface area contributed by atoms with E-state index in [1.165, 1.54) is 36.0 Å². The highest BCUT2D eigenvalue weighted by atomic mass is 32.2. The van der Waals surface area contributed by atoms with E-state index in [0.717, 1.165) is 18.4 Å². The first kappa shape index (κ1) is 21.5. The van der Waals surface area contributed by atoms with Crippen molar-refractivity contribution in [3.05, 3.63) is 60.2 Å². The Balaban J connectivity index is 1.55. The van der Waals surface area contributed by atoms with E-state index in [0.29, 0.717) is 24.1 Å². The third-order valence-corrected chi connectivity index (χ3v) is 6.09. The summed E-state index contributed by atoms with van der Waals surface area (Å²) in [6.07, 6.45) is 1.94. The summed E-state index contributed by atoms with van der Waals surface area (Å²) in [5, 5.41) is 11.2. The summed E-state index contributed by atoms with van der Waals surface area (Å²) in [6.45, 7) is 2.97. The number of thioether (sulfide) groups is 1. The van der Waals surface area contributed by atoms with Gasteiger partial charge < -0.3 is 10.1 Å². The van der Waals surface area contributed by atoms with Gasteiger partial charge in [0.2, 0.25) is 5.91 Å². The number of anilines is 1. The molecule has 1 aromatic heterocycles. The number of carbonyl (C=O) groups is 1. The number of nitrogens with zero attached hydrogens (tertiary/aromatic N) is 3. The molecule has 1 aliphatic heterocycles. The van der Waals surface area contributed by atoms with E-state index >= 15 is 0 Å². The second-order valence-corrected chi connectivity index (χ2v) is 8.60. The molecule has 1 saturated heterocycles. The minimum absolute atomic E-state index is 0.0251. The number of aromatic nitrogens is 3. The SMILES string of the molecule is CC(Sc1nnc(-c2ccc(F)cc2)n1CC1CCCO1)C(=O)Nc1ccccc1F. The quantitative estimate of drug-likeness (QED) is 0.543. The lowest BCUT2D eigenvalue weighted by atomic mass is 10.2. The molecule has 4 rings (SSSR count). The number of para-hydroxylation sites is 1. The van der Waals surface area contributed by atoms with E-state index in [1.807, 2.05) is 4.57 Å². The van der Waals surface area contributed by atoms with Crippen LogP contribution < -0.4 is 5.32 Å². The van der Waals surface area contributed by atoms with Crippen molar-refractivity contribution in [2.24, 2.45) is 0 Å². The number of nitrogens with one attached hydrogen (secondary N) is 1. The Kier molecular flexibility index (Phi) is 6.62. The van der Waals surface area contributed by atoms with Gasteiger partial charge in [0.15, 0.2) is 11.0 Å². The van der Waals surface area contributed by atoms with Crippen molar-refractivity contribution >= 4 is 23.4 Å². The van der Waals surface area contributed by atoms with Crippen LogP contribution in [0.15, 0.2) is 53.7 Å². The number of hydrogen-bond donors (Lipinski definition) is 1. The number of benzene rings is 2. The maximum Gasteiger partial charge on any atom is 0.237 e. The van der Waals surface area contributed by atoms with Crippen LogP contribution in [0.2, 0.25) is 0 Å². The lowest BCUT2D eigenvalue weighted by Crippen LogP contribution is -2.24. The van der Waals surface area contributed by atoms with Gasteiger partial charge in [0.25, 0.3) is 0 Å². The summed E-state index contributed by atoms with van der Waals surface area (Å²) in [7, 11) is 0. The van der Waals surface area contributed by atoms with Crippen LogP contribution >= 0.6 is 11.8 Å². The molecule has 1 amide bonds. The zero-order valence-electron chi connectivity index (χ0n) is 16.9. The molecule has 0 aliphatic carbocycles. The van der Waals surface area contributed by atoms with Crippen molar-refractivity contribution in [2.45, 2.75) is 42.8 Å². The van der Waals surface area contributed by atoms with E-state index in [2.05, 4.69) is 15.5 Å². The minimum Gasteiger partial charge on any atom is -0.376 e. The largest absolute Gasteiger partial charge is 0.376 e. The van der Waals surface area contributed by atoms with Gasteiger partial charge in [-0.25, -0.2) is 8.78 Å². The molecule has 9 heteroatoms. The lowest BCUT2D eigenvalue weighted by molar-refractivity contribution is -0.115. The van der Waals surface area contributed by atoms with Crippen LogP contribution in [0.5, 0.6) is 0 Å². The van der Waals surface area contributed by atoms with Gasteiger partial charge in [-0.05, 0) is 56.2 Å². The van der Waals surface area contributed by atoms with Gasteiger partial charge >= 0.3 is 0 Å². The van der Waals surface area contributed by atoms with Crippen LogP contribution in [0.25, 0.3) is 11.4 Å². The monoisotopic (exact) mass is 444 g/mol. The van der Waals surface area contributed by atoms with Crippen molar-refractivity contribution in [3.8, 4) is 11.4 Å². The lowest BCUT2D eigenvalue weighted by Gasteiger charge is -2.16. The van der Waals surface area contributed by atoms with Crippen LogP contribution in [0.4, 0.5) is 14.5 Å². The van der Waals surface area contributed by atoms with Crippen molar-refractivity contribution in [1.29, 1.82) is 0 Å². The van der Waals surface area contributed by atoms with Gasteiger partial charge in [0, 0.05) is 12.2 Å². The highest BCUT2D eigenvalue weighted by molar-refractivity contribution is 8.00. The van der Waals surface area contributed by atoms with Gasteiger partial charge in [-0.2, -0.15) is 0 Å². The fraction of sp³-hybridized carbons (Fsp3) is 0.318. The molecule has 2 atom stereocenters. The molecule has 6 nitrogen and oxygen atoms in total. The fourth-order valence-electron chi connectivity index (χ4n) is 3.35. The van der Waals surface area contributed by atoms with Crippen LogP contribution in [-0.2, 0) is 16.1 Å². The molecule has 2 heterocycles. The molecular formula is C22H22F2N4O2S. The predicted molar refractivity (Wildman–Crippen MR) is 115 cm³/mol. The molecule has 1 N–H and O–H groups in total. The molecule has 1 aliphatic rings. The van der Waals surface area contributed by atoms with Gasteiger partial charge in [-0.3, -0.25) is 9.36 Å². The van der Waals surface area contributed by atoms with Crippen LogP contribution in [-0.4, -0.2) is 38.6 Å². The molecule has 31 heavy (non-hydrogen) atoms. The summed E-state index contributed by atoms with van der Waals surface area (Å²) in [6, 6.07) is 12.1. The third-order valence-electron chi connectivity index (χ3n) is 5.01. The zero-order chi connectivity index (χ0) is 21.8. The molecule has 2 aromatic carbocycles. The van der Waals surface area contributed by atoms with Crippen molar-refractivity contribution in [1.82, 2.24) is 14.8 Å². The van der Waals surface area contributed by atoms with Crippen molar-refractivity contribution < 1.29 is 18.3 Å². The zero-order valence-corrected chi connectivity index (χ0v) is 17.7. The third kappa shape index (κ3) is 5.11. The predicted octanol–water partition coefficient (Wildman–Crippen LogP) is 4.52. The second-order valence-electron chi connectivity index (χ2n) is 7.29. The summed E-state index contributed by atoms with van der Waals surface area (Å²) >= 11 is 1.23. The molecule has 0 bridgehead atoms. The molecule has 0 radical (unpaired) electrons. The summed E-state index contributed by atoms with van der Waals surface area (Å²) < 4.78 is 34.9. The van der Waals surface area contributed by atoms with Gasteiger partial charge in [0.1, 0.15) is 11.6 Å². The molecule has 2 unspecified atom stereocenters. The molecule has 0 saturated carbocycles. The van der Waals surface area contributed by atoms with Gasteiger partial charge in [-0.1, -0.05) is 23.9 Å². The minimum atomic E-state index is -0.548. The summed E-state index contributed by atoms with van der Waals surface area (Å²) in [5.41, 5.74) is 0.856. The number of ether oxygens (including phenoxy) is 1. The van der Waals surface area contributed by atoms with E-state index in [-0.39, 0.29) is 23.5 Å².